The minimum absolute atomic E-state index is 0.0433. The van der Waals surface area contributed by atoms with Crippen LogP contribution < -0.4 is 0 Å². The van der Waals surface area contributed by atoms with Gasteiger partial charge in [-0.3, -0.25) is 19.3 Å². The van der Waals surface area contributed by atoms with Crippen LogP contribution in [-0.4, -0.2) is 47.2 Å². The van der Waals surface area contributed by atoms with Crippen molar-refractivity contribution >= 4 is 17.7 Å². The Kier molecular flexibility index (Phi) is 5.12. The molecule has 176 valence electrons. The number of imide groups is 1. The molecule has 3 amide bonds. The third-order valence-electron chi connectivity index (χ3n) is 8.97. The van der Waals surface area contributed by atoms with Crippen LogP contribution >= 0.6 is 0 Å². The lowest BCUT2D eigenvalue weighted by molar-refractivity contribution is -0.142. The van der Waals surface area contributed by atoms with E-state index in [0.717, 1.165) is 47.9 Å². The van der Waals surface area contributed by atoms with Crippen LogP contribution in [0.4, 0.5) is 0 Å². The highest BCUT2D eigenvalue weighted by Crippen LogP contribution is 2.48. The third-order valence-corrected chi connectivity index (χ3v) is 8.97. The maximum absolute atomic E-state index is 13.8. The summed E-state index contributed by atoms with van der Waals surface area (Å²) in [5.41, 5.74) is 1.81. The summed E-state index contributed by atoms with van der Waals surface area (Å²) in [6.45, 7) is 0.817. The van der Waals surface area contributed by atoms with Crippen LogP contribution in [0, 0.1) is 17.8 Å². The molecule has 0 aromatic heterocycles. The molecule has 5 fully saturated rings. The van der Waals surface area contributed by atoms with E-state index in [1.165, 1.54) is 24.2 Å². The van der Waals surface area contributed by atoms with E-state index in [-0.39, 0.29) is 30.6 Å². The first-order chi connectivity index (χ1) is 16.4. The molecule has 2 aromatic carbocycles. The highest BCUT2D eigenvalue weighted by molar-refractivity contribution is 6.10. The molecule has 3 saturated heterocycles. The first kappa shape index (κ1) is 21.6. The number of carbonyl (C=O) groups excluding carboxylic acids is 3. The zero-order valence-electron chi connectivity index (χ0n) is 19.8. The molecule has 4 bridgehead atoms. The second kappa shape index (κ2) is 8.07. The SMILES string of the molecule is CN1C(=O)CC(CC(=O)N2CC3CC4CC(C3)CC2C4)(c2ccc(-c3ccccc3)cc2)C1=O. The number of hydrogen-bond acceptors (Lipinski definition) is 3. The molecule has 3 atom stereocenters. The van der Waals surface area contributed by atoms with E-state index < -0.39 is 5.41 Å². The number of rotatable bonds is 4. The Bertz CT molecular complexity index is 1110. The van der Waals surface area contributed by atoms with Gasteiger partial charge in [-0.25, -0.2) is 0 Å². The lowest BCUT2D eigenvalue weighted by Gasteiger charge is -2.39. The molecular weight excluding hydrogens is 424 g/mol. The average molecular weight is 457 g/mol. The van der Waals surface area contributed by atoms with Crippen molar-refractivity contribution in [3.05, 3.63) is 60.2 Å². The molecule has 3 aliphatic heterocycles. The van der Waals surface area contributed by atoms with Crippen molar-refractivity contribution in [2.45, 2.75) is 56.4 Å². The van der Waals surface area contributed by atoms with Crippen molar-refractivity contribution in [2.75, 3.05) is 13.6 Å². The van der Waals surface area contributed by atoms with Gasteiger partial charge >= 0.3 is 0 Å². The summed E-state index contributed by atoms with van der Waals surface area (Å²) in [7, 11) is 1.54. The van der Waals surface area contributed by atoms with Crippen LogP contribution in [0.25, 0.3) is 11.1 Å². The number of likely N-dealkylation sites (tertiary alicyclic amines) is 1. The van der Waals surface area contributed by atoms with Gasteiger partial charge in [-0.05, 0) is 66.5 Å². The molecule has 5 heteroatoms. The summed E-state index contributed by atoms with van der Waals surface area (Å²) in [5, 5.41) is 0. The van der Waals surface area contributed by atoms with Crippen molar-refractivity contribution in [3.63, 3.8) is 0 Å². The number of fused-ring (bicyclic) bond motifs is 1. The van der Waals surface area contributed by atoms with Crippen molar-refractivity contribution in [1.29, 1.82) is 0 Å². The Morgan fingerprint density at radius 2 is 1.47 bits per heavy atom. The minimum Gasteiger partial charge on any atom is -0.339 e. The van der Waals surface area contributed by atoms with Gasteiger partial charge in [-0.2, -0.15) is 0 Å². The number of nitrogens with zero attached hydrogens (tertiary/aromatic N) is 2. The molecular formula is C29H32N2O3. The lowest BCUT2D eigenvalue weighted by atomic mass is 9.68. The molecule has 34 heavy (non-hydrogen) atoms. The Morgan fingerprint density at radius 3 is 2.09 bits per heavy atom. The summed E-state index contributed by atoms with van der Waals surface area (Å²) < 4.78 is 0. The largest absolute Gasteiger partial charge is 0.339 e. The molecule has 3 unspecified atom stereocenters. The molecule has 5 aliphatic rings. The molecule has 2 saturated carbocycles. The zero-order valence-corrected chi connectivity index (χ0v) is 19.8. The fourth-order valence-electron chi connectivity index (χ4n) is 7.41. The molecule has 5 nitrogen and oxygen atoms in total. The first-order valence-corrected chi connectivity index (χ1v) is 12.7. The molecule has 7 rings (SSSR count). The third kappa shape index (κ3) is 3.48. The lowest BCUT2D eigenvalue weighted by Crippen LogP contribution is -2.47. The zero-order chi connectivity index (χ0) is 23.4. The van der Waals surface area contributed by atoms with Crippen molar-refractivity contribution in [2.24, 2.45) is 17.8 Å². The predicted molar refractivity (Wildman–Crippen MR) is 130 cm³/mol. The summed E-state index contributed by atoms with van der Waals surface area (Å²) in [6, 6.07) is 18.3. The Balaban J connectivity index is 1.32. The Hall–Kier alpha value is -2.95. The van der Waals surface area contributed by atoms with Gasteiger partial charge in [-0.1, -0.05) is 54.6 Å². The van der Waals surface area contributed by atoms with Crippen LogP contribution in [0.3, 0.4) is 0 Å². The predicted octanol–water partition coefficient (Wildman–Crippen LogP) is 4.41. The quantitative estimate of drug-likeness (QED) is 0.641. The van der Waals surface area contributed by atoms with Gasteiger partial charge in [0.1, 0.15) is 0 Å². The maximum atomic E-state index is 13.8. The van der Waals surface area contributed by atoms with Gasteiger partial charge in [-0.15, -0.1) is 0 Å². The van der Waals surface area contributed by atoms with Crippen LogP contribution in [0.15, 0.2) is 54.6 Å². The summed E-state index contributed by atoms with van der Waals surface area (Å²) in [5.74, 6) is 1.67. The number of benzene rings is 2. The van der Waals surface area contributed by atoms with E-state index in [1.807, 2.05) is 54.6 Å². The van der Waals surface area contributed by atoms with E-state index >= 15 is 0 Å². The molecule has 0 spiro atoms. The van der Waals surface area contributed by atoms with Crippen molar-refractivity contribution < 1.29 is 14.4 Å². The highest BCUT2D eigenvalue weighted by Gasteiger charge is 2.54. The smallest absolute Gasteiger partial charge is 0.240 e. The van der Waals surface area contributed by atoms with Crippen LogP contribution in [0.2, 0.25) is 0 Å². The highest BCUT2D eigenvalue weighted by atomic mass is 16.2. The van der Waals surface area contributed by atoms with E-state index in [4.69, 9.17) is 0 Å². The minimum atomic E-state index is -1.11. The van der Waals surface area contributed by atoms with E-state index in [0.29, 0.717) is 12.0 Å². The average Bonchev–Trinajstić information content (AvgIpc) is 2.94. The molecule has 2 aromatic rings. The number of amides is 3. The topological polar surface area (TPSA) is 57.7 Å². The molecule has 2 aliphatic carbocycles. The number of likely N-dealkylation sites (N-methyl/N-ethyl adjacent to an activating group) is 1. The number of carbonyl (C=O) groups is 3. The number of hydrogen-bond donors (Lipinski definition) is 0. The summed E-state index contributed by atoms with van der Waals surface area (Å²) >= 11 is 0. The molecule has 0 radical (unpaired) electrons. The van der Waals surface area contributed by atoms with Gasteiger partial charge < -0.3 is 4.90 Å². The van der Waals surface area contributed by atoms with Crippen LogP contribution in [0.1, 0.15) is 50.5 Å². The monoisotopic (exact) mass is 456 g/mol. The Labute approximate surface area is 201 Å². The van der Waals surface area contributed by atoms with E-state index in [2.05, 4.69) is 4.90 Å². The molecule has 3 heterocycles. The Morgan fingerprint density at radius 1 is 0.853 bits per heavy atom. The normalized spacial score (nSPS) is 32.4. The van der Waals surface area contributed by atoms with Crippen molar-refractivity contribution in [1.82, 2.24) is 9.80 Å². The molecule has 0 N–H and O–H groups in total. The van der Waals surface area contributed by atoms with Gasteiger partial charge in [0.05, 0.1) is 5.41 Å². The van der Waals surface area contributed by atoms with Gasteiger partial charge in [0.25, 0.3) is 0 Å². The fraction of sp³-hybridized carbons (Fsp3) is 0.483. The van der Waals surface area contributed by atoms with Crippen molar-refractivity contribution in [3.8, 4) is 11.1 Å². The van der Waals surface area contributed by atoms with Gasteiger partial charge in [0.15, 0.2) is 0 Å². The van der Waals surface area contributed by atoms with Crippen LogP contribution in [-0.2, 0) is 19.8 Å². The maximum Gasteiger partial charge on any atom is 0.240 e. The second-order valence-electron chi connectivity index (χ2n) is 11.1. The summed E-state index contributed by atoms with van der Waals surface area (Å²) in [4.78, 5) is 43.3. The summed E-state index contributed by atoms with van der Waals surface area (Å²) in [6.07, 6.45) is 6.14. The fourth-order valence-corrected chi connectivity index (χ4v) is 7.41. The van der Waals surface area contributed by atoms with Crippen LogP contribution in [0.5, 0.6) is 0 Å². The second-order valence-corrected chi connectivity index (χ2v) is 11.1. The van der Waals surface area contributed by atoms with E-state index in [9.17, 15) is 14.4 Å². The van der Waals surface area contributed by atoms with Gasteiger partial charge in [0.2, 0.25) is 17.7 Å². The first-order valence-electron chi connectivity index (χ1n) is 12.7. The standard InChI is InChI=1S/C29H32N2O3/c1-30-26(32)16-29(28(30)34,24-9-7-23(8-10-24)22-5-3-2-4-6-22)17-27(33)31-18-21-12-19-11-20(13-21)15-25(31)14-19/h2-10,19-21,25H,11-18H2,1H3. The van der Waals surface area contributed by atoms with E-state index in [1.54, 1.807) is 7.05 Å². The van der Waals surface area contributed by atoms with Gasteiger partial charge in [0, 0.05) is 32.5 Å².